The second-order valence-electron chi connectivity index (χ2n) is 11.1. The van der Waals surface area contributed by atoms with Gasteiger partial charge in [0, 0.05) is 47.9 Å². The fraction of sp³-hybridized carbons (Fsp3) is 0.286. The first kappa shape index (κ1) is 33.6. The largest absolute Gasteiger partial charge is 0.370 e. The third-order valence-corrected chi connectivity index (χ3v) is 8.08. The van der Waals surface area contributed by atoms with Gasteiger partial charge in [-0.3, -0.25) is 14.4 Å². The molecule has 4 aromatic rings. The van der Waals surface area contributed by atoms with E-state index in [0.717, 1.165) is 55.1 Å². The molecule has 10 heteroatoms. The average molecular weight is 635 g/mol. The monoisotopic (exact) mass is 634 g/mol. The van der Waals surface area contributed by atoms with Gasteiger partial charge in [0.1, 0.15) is 11.6 Å². The molecule has 4 N–H and O–H groups in total. The van der Waals surface area contributed by atoms with Crippen molar-refractivity contribution >= 4 is 29.2 Å². The number of carbonyl (C=O) groups is 3. The first-order valence-corrected chi connectivity index (χ1v) is 15.2. The van der Waals surface area contributed by atoms with Crippen molar-refractivity contribution in [2.24, 2.45) is 18.7 Å². The lowest BCUT2D eigenvalue weighted by molar-refractivity contribution is -0.117. The number of piperidine rings is 1. The third-order valence-electron chi connectivity index (χ3n) is 7.83. The number of hydrogen-bond acceptors (Lipinski definition) is 4. The Morgan fingerprint density at radius 1 is 0.956 bits per heavy atom. The lowest BCUT2D eigenvalue weighted by Crippen LogP contribution is -2.28. The average Bonchev–Trinajstić information content (AvgIpc) is 3.36. The van der Waals surface area contributed by atoms with Crippen LogP contribution in [0.5, 0.6) is 0 Å². The summed E-state index contributed by atoms with van der Waals surface area (Å²) in [6, 6.07) is 18.7. The van der Waals surface area contributed by atoms with Crippen LogP contribution in [0.25, 0.3) is 11.1 Å². The third kappa shape index (κ3) is 8.65. The zero-order valence-corrected chi connectivity index (χ0v) is 26.1. The summed E-state index contributed by atoms with van der Waals surface area (Å²) in [5.74, 6) is -2.47. The number of hydrogen-bond donors (Lipinski definition) is 3. The fourth-order valence-corrected chi connectivity index (χ4v) is 5.59. The molecule has 0 aliphatic carbocycles. The molecule has 0 spiro atoms. The molecule has 45 heavy (non-hydrogen) atoms. The zero-order valence-electron chi connectivity index (χ0n) is 25.3. The minimum atomic E-state index is -0.757. The fourth-order valence-electron chi connectivity index (χ4n) is 5.44. The molecular formula is C35H37ClF2N4O3. The predicted molar refractivity (Wildman–Crippen MR) is 172 cm³/mol. The summed E-state index contributed by atoms with van der Waals surface area (Å²) >= 11 is 5.54. The summed E-state index contributed by atoms with van der Waals surface area (Å²) in [6.45, 7) is 3.38. The highest BCUT2D eigenvalue weighted by Crippen LogP contribution is 2.36. The molecule has 2 heterocycles. The second-order valence-corrected chi connectivity index (χ2v) is 11.5. The Morgan fingerprint density at radius 3 is 2.20 bits per heavy atom. The van der Waals surface area contributed by atoms with Crippen molar-refractivity contribution < 1.29 is 23.2 Å². The number of nitrogens with one attached hydrogen (secondary N) is 2. The van der Waals surface area contributed by atoms with Gasteiger partial charge in [-0.2, -0.15) is 0 Å². The van der Waals surface area contributed by atoms with E-state index in [2.05, 4.69) is 10.6 Å². The van der Waals surface area contributed by atoms with Crippen LogP contribution in [0.2, 0.25) is 5.02 Å². The van der Waals surface area contributed by atoms with Crippen molar-refractivity contribution in [2.45, 2.75) is 32.6 Å². The van der Waals surface area contributed by atoms with E-state index in [1.807, 2.05) is 42.5 Å². The van der Waals surface area contributed by atoms with Crippen molar-refractivity contribution in [3.63, 3.8) is 0 Å². The van der Waals surface area contributed by atoms with Gasteiger partial charge in [-0.05, 0) is 80.6 Å². The molecule has 1 saturated heterocycles. The molecule has 0 unspecified atom stereocenters. The molecular weight excluding hydrogens is 598 g/mol. The van der Waals surface area contributed by atoms with E-state index in [1.54, 1.807) is 19.2 Å². The molecule has 1 aliphatic rings. The number of aryl methyl sites for hydroxylation is 1. The van der Waals surface area contributed by atoms with Gasteiger partial charge in [0.05, 0.1) is 11.3 Å². The van der Waals surface area contributed by atoms with Crippen molar-refractivity contribution in [3.05, 3.63) is 118 Å². The molecule has 5 rings (SSSR count). The van der Waals surface area contributed by atoms with Crippen molar-refractivity contribution in [1.29, 1.82) is 0 Å². The van der Waals surface area contributed by atoms with Gasteiger partial charge in [-0.15, -0.1) is 0 Å². The molecule has 0 atom stereocenters. The maximum Gasteiger partial charge on any atom is 0.253 e. The maximum atomic E-state index is 15.2. The highest BCUT2D eigenvalue weighted by atomic mass is 35.5. The lowest BCUT2D eigenvalue weighted by Gasteiger charge is -2.22. The van der Waals surface area contributed by atoms with E-state index in [1.165, 1.54) is 17.7 Å². The Bertz CT molecular complexity index is 1650. The molecule has 2 amide bonds. The Morgan fingerprint density at radius 2 is 1.60 bits per heavy atom. The van der Waals surface area contributed by atoms with Gasteiger partial charge >= 0.3 is 0 Å². The van der Waals surface area contributed by atoms with Crippen LogP contribution in [0.1, 0.15) is 56.8 Å². The van der Waals surface area contributed by atoms with Gasteiger partial charge in [0.25, 0.3) is 5.91 Å². The SMILES string of the molecule is Cc1c(F)ccc(F)c1-c1c(C(=O)NCCC(N)=O)cn(C)c1C(=O)c1ccc(CC2CCNCC2)cc1.Clc1ccccc1. The predicted octanol–water partition coefficient (Wildman–Crippen LogP) is 6.00. The molecule has 0 radical (unpaired) electrons. The van der Waals surface area contributed by atoms with Gasteiger partial charge < -0.3 is 20.9 Å². The molecule has 0 bridgehead atoms. The van der Waals surface area contributed by atoms with Crippen molar-refractivity contribution in [1.82, 2.24) is 15.2 Å². The molecule has 1 aromatic heterocycles. The van der Waals surface area contributed by atoms with E-state index in [0.29, 0.717) is 11.5 Å². The number of carbonyl (C=O) groups excluding carboxylic acids is 3. The topological polar surface area (TPSA) is 106 Å². The van der Waals surface area contributed by atoms with Crippen molar-refractivity contribution in [2.75, 3.05) is 19.6 Å². The first-order chi connectivity index (χ1) is 21.6. The number of nitrogens with zero attached hydrogens (tertiary/aromatic N) is 1. The van der Waals surface area contributed by atoms with Crippen LogP contribution in [-0.4, -0.2) is 41.8 Å². The van der Waals surface area contributed by atoms with Crippen LogP contribution >= 0.6 is 11.6 Å². The lowest BCUT2D eigenvalue weighted by atomic mass is 9.90. The van der Waals surface area contributed by atoms with Gasteiger partial charge in [-0.1, -0.05) is 54.1 Å². The van der Waals surface area contributed by atoms with Crippen molar-refractivity contribution in [3.8, 4) is 11.1 Å². The summed E-state index contributed by atoms with van der Waals surface area (Å²) in [5.41, 5.74) is 6.54. The molecule has 0 saturated carbocycles. The van der Waals surface area contributed by atoms with E-state index in [-0.39, 0.29) is 40.9 Å². The summed E-state index contributed by atoms with van der Waals surface area (Å²) in [7, 11) is 1.58. The van der Waals surface area contributed by atoms with E-state index in [4.69, 9.17) is 17.3 Å². The molecule has 1 fully saturated rings. The minimum absolute atomic E-state index is 0.00218. The van der Waals surface area contributed by atoms with Crippen LogP contribution in [0.15, 0.2) is 72.9 Å². The van der Waals surface area contributed by atoms with E-state index >= 15 is 4.39 Å². The quantitative estimate of drug-likeness (QED) is 0.197. The number of primary amides is 1. The Labute approximate surface area is 266 Å². The van der Waals surface area contributed by atoms with E-state index in [9.17, 15) is 18.8 Å². The van der Waals surface area contributed by atoms with Gasteiger partial charge in [0.2, 0.25) is 11.7 Å². The summed E-state index contributed by atoms with van der Waals surface area (Å²) in [4.78, 5) is 37.9. The number of ketones is 1. The smallest absolute Gasteiger partial charge is 0.253 e. The number of benzene rings is 3. The summed E-state index contributed by atoms with van der Waals surface area (Å²) in [6.07, 6.45) is 4.47. The highest BCUT2D eigenvalue weighted by Gasteiger charge is 2.29. The van der Waals surface area contributed by atoms with Gasteiger partial charge in [0.15, 0.2) is 0 Å². The van der Waals surface area contributed by atoms with Gasteiger partial charge in [-0.25, -0.2) is 8.78 Å². The minimum Gasteiger partial charge on any atom is -0.370 e. The molecule has 3 aromatic carbocycles. The van der Waals surface area contributed by atoms with Crippen LogP contribution in [0, 0.1) is 24.5 Å². The number of nitrogens with two attached hydrogens (primary N) is 1. The Kier molecular flexibility index (Phi) is 11.6. The number of halogens is 3. The van der Waals surface area contributed by atoms with Crippen LogP contribution in [0.4, 0.5) is 8.78 Å². The van der Waals surface area contributed by atoms with Crippen LogP contribution in [0.3, 0.4) is 0 Å². The first-order valence-electron chi connectivity index (χ1n) is 14.8. The normalized spacial score (nSPS) is 13.1. The number of aromatic nitrogens is 1. The molecule has 1 aliphatic heterocycles. The number of amides is 2. The Balaban J connectivity index is 0.000000580. The maximum absolute atomic E-state index is 15.2. The van der Waals surface area contributed by atoms with Crippen LogP contribution in [-0.2, 0) is 18.3 Å². The summed E-state index contributed by atoms with van der Waals surface area (Å²) < 4.78 is 31.2. The molecule has 7 nitrogen and oxygen atoms in total. The highest BCUT2D eigenvalue weighted by molar-refractivity contribution is 6.30. The van der Waals surface area contributed by atoms with Crippen LogP contribution < -0.4 is 16.4 Å². The Hall–Kier alpha value is -4.34. The zero-order chi connectivity index (χ0) is 32.5. The number of rotatable bonds is 9. The van der Waals surface area contributed by atoms with E-state index < -0.39 is 29.2 Å². The molecule has 236 valence electrons. The summed E-state index contributed by atoms with van der Waals surface area (Å²) in [5, 5.41) is 6.73. The second kappa shape index (κ2) is 15.6. The standard InChI is InChI=1S/C29H32F2N4O3.C6H5Cl/c1-17-22(30)7-8-23(31)25(17)26-21(29(38)34-14-11-24(32)36)16-35(2)27(26)28(37)20-5-3-18(4-6-20)15-19-9-12-33-13-10-19;7-6-4-2-1-3-5-6/h3-8,16,19,33H,9-15H2,1-2H3,(H2,32,36)(H,34,38);1-5H.